The van der Waals surface area contributed by atoms with Crippen LogP contribution in [0.1, 0.15) is 37.5 Å². The van der Waals surface area contributed by atoms with E-state index in [1.54, 1.807) is 20.8 Å². The smallest absolute Gasteiger partial charge is 0.286 e. The molecule has 0 fully saturated rings. The normalized spacial score (nSPS) is 11.4. The van der Waals surface area contributed by atoms with Crippen molar-refractivity contribution < 1.29 is 15.0 Å². The minimum atomic E-state index is -0.784. The highest BCUT2D eigenvalue weighted by molar-refractivity contribution is 5.69. The van der Waals surface area contributed by atoms with Gasteiger partial charge in [-0.25, -0.2) is 0 Å². The van der Waals surface area contributed by atoms with E-state index in [2.05, 4.69) is 0 Å². The van der Waals surface area contributed by atoms with E-state index >= 15 is 0 Å². The predicted octanol–water partition coefficient (Wildman–Crippen LogP) is 3.12. The molecule has 0 aliphatic heterocycles. The third kappa shape index (κ3) is 2.35. The van der Waals surface area contributed by atoms with Crippen molar-refractivity contribution in [2.75, 3.05) is 0 Å². The second-order valence-corrected chi connectivity index (χ2v) is 5.44. The topological polar surface area (TPSA) is 107 Å². The van der Waals surface area contributed by atoms with Crippen LogP contribution in [0.3, 0.4) is 0 Å². The van der Waals surface area contributed by atoms with E-state index in [0.29, 0.717) is 0 Å². The molecule has 0 atom stereocenters. The van der Waals surface area contributed by atoms with E-state index in [1.807, 2.05) is 0 Å². The Morgan fingerprint density at radius 3 is 1.47 bits per heavy atom. The first-order chi connectivity index (χ1) is 8.50. The van der Waals surface area contributed by atoms with Gasteiger partial charge >= 0.3 is 0 Å². The average Bonchev–Trinajstić information content (AvgIpc) is 2.22. The van der Waals surface area contributed by atoms with Gasteiger partial charge in [0.05, 0.1) is 21.0 Å². The average molecular weight is 268 g/mol. The van der Waals surface area contributed by atoms with Crippen LogP contribution >= 0.6 is 0 Å². The fourth-order valence-corrected chi connectivity index (χ4v) is 2.16. The van der Waals surface area contributed by atoms with E-state index in [1.165, 1.54) is 13.8 Å². The lowest BCUT2D eigenvalue weighted by molar-refractivity contribution is -0.397. The minimum absolute atomic E-state index is 0.0373. The van der Waals surface area contributed by atoms with Crippen LogP contribution in [0.25, 0.3) is 0 Å². The van der Waals surface area contributed by atoms with Gasteiger partial charge in [-0.15, -0.1) is 0 Å². The summed E-state index contributed by atoms with van der Waals surface area (Å²) in [5.74, 6) is -0.397. The number of phenols is 1. The zero-order valence-electron chi connectivity index (χ0n) is 11.5. The summed E-state index contributed by atoms with van der Waals surface area (Å²) in [4.78, 5) is 21.0. The number of hydrogen-bond acceptors (Lipinski definition) is 5. The largest absolute Gasteiger partial charge is 0.507 e. The molecule has 0 bridgehead atoms. The van der Waals surface area contributed by atoms with Crippen molar-refractivity contribution in [2.45, 2.75) is 40.0 Å². The lowest BCUT2D eigenvalue weighted by Gasteiger charge is -2.21. The highest BCUT2D eigenvalue weighted by Gasteiger charge is 2.39. The van der Waals surface area contributed by atoms with Crippen molar-refractivity contribution in [1.82, 2.24) is 0 Å². The quantitative estimate of drug-likeness (QED) is 0.655. The van der Waals surface area contributed by atoms with Gasteiger partial charge in [-0.2, -0.15) is 0 Å². The number of hydrogen-bond donors (Lipinski definition) is 1. The molecule has 0 saturated heterocycles. The second-order valence-electron chi connectivity index (χ2n) is 5.44. The van der Waals surface area contributed by atoms with Crippen molar-refractivity contribution in [3.05, 3.63) is 36.9 Å². The summed E-state index contributed by atoms with van der Waals surface area (Å²) in [5, 5.41) is 32.2. The van der Waals surface area contributed by atoms with Crippen LogP contribution in [0.2, 0.25) is 0 Å². The predicted molar refractivity (Wildman–Crippen MR) is 69.6 cm³/mol. The second kappa shape index (κ2) is 4.49. The Balaban J connectivity index is 4.03. The summed E-state index contributed by atoms with van der Waals surface area (Å²) < 4.78 is 0. The van der Waals surface area contributed by atoms with E-state index in [9.17, 15) is 25.3 Å². The van der Waals surface area contributed by atoms with Gasteiger partial charge in [0.25, 0.3) is 11.4 Å². The zero-order chi connectivity index (χ0) is 15.1. The van der Waals surface area contributed by atoms with Crippen molar-refractivity contribution in [2.24, 2.45) is 0 Å². The summed E-state index contributed by atoms with van der Waals surface area (Å²) in [5.41, 5.74) is -1.41. The van der Waals surface area contributed by atoms with Crippen LogP contribution in [-0.4, -0.2) is 15.0 Å². The van der Waals surface area contributed by atoms with Gasteiger partial charge in [-0.05, 0) is 13.8 Å². The highest BCUT2D eigenvalue weighted by Crippen LogP contribution is 2.46. The number of aromatic hydroxyl groups is 1. The third-order valence-electron chi connectivity index (χ3n) is 3.01. The molecular weight excluding hydrogens is 252 g/mol. The number of benzene rings is 1. The van der Waals surface area contributed by atoms with Gasteiger partial charge in [0.15, 0.2) is 0 Å². The summed E-state index contributed by atoms with van der Waals surface area (Å²) in [7, 11) is 0. The first kappa shape index (κ1) is 14.9. The molecule has 7 heteroatoms. The molecule has 104 valence electrons. The molecule has 7 nitrogen and oxygen atoms in total. The monoisotopic (exact) mass is 268 g/mol. The lowest BCUT2D eigenvalue weighted by Crippen LogP contribution is -2.18. The summed E-state index contributed by atoms with van der Waals surface area (Å²) >= 11 is 0. The maximum absolute atomic E-state index is 11.2. The van der Waals surface area contributed by atoms with Crippen LogP contribution in [0.15, 0.2) is 0 Å². The molecule has 1 aromatic rings. The fraction of sp³-hybridized carbons (Fsp3) is 0.500. The summed E-state index contributed by atoms with van der Waals surface area (Å²) in [6, 6.07) is 0. The van der Waals surface area contributed by atoms with Crippen molar-refractivity contribution in [1.29, 1.82) is 0 Å². The Morgan fingerprint density at radius 2 is 1.26 bits per heavy atom. The molecule has 1 rings (SSSR count). The first-order valence-electron chi connectivity index (χ1n) is 5.65. The van der Waals surface area contributed by atoms with E-state index < -0.39 is 21.0 Å². The maximum Gasteiger partial charge on any atom is 0.286 e. The molecule has 0 aliphatic rings. The molecular formula is C12H16N2O5. The Bertz CT molecular complexity index is 531. The standard InChI is InChI=1S/C12H16N2O5/c1-6-9(13(16)17)8(12(3,4)5)10(14(18)19)7(2)11(6)15/h15H,1-5H3. The SMILES string of the molecule is Cc1c(O)c(C)c([N+](=O)[O-])c(C(C)(C)C)c1[N+](=O)[O-]. The summed E-state index contributed by atoms with van der Waals surface area (Å²) in [6.07, 6.45) is 0. The van der Waals surface area contributed by atoms with Gasteiger partial charge in [-0.1, -0.05) is 20.8 Å². The molecule has 0 aliphatic carbocycles. The lowest BCUT2D eigenvalue weighted by atomic mass is 9.81. The first-order valence-corrected chi connectivity index (χ1v) is 5.65. The Labute approximate surface area is 110 Å². The minimum Gasteiger partial charge on any atom is -0.507 e. The number of nitrogens with zero attached hydrogens (tertiary/aromatic N) is 2. The molecule has 1 N–H and O–H groups in total. The van der Waals surface area contributed by atoms with E-state index in [-0.39, 0.29) is 28.1 Å². The number of rotatable bonds is 2. The molecule has 0 saturated carbocycles. The fourth-order valence-electron chi connectivity index (χ4n) is 2.16. The molecule has 1 aromatic carbocycles. The molecule has 0 spiro atoms. The van der Waals surface area contributed by atoms with Crippen LogP contribution in [0.5, 0.6) is 5.75 Å². The van der Waals surface area contributed by atoms with Gasteiger partial charge in [0.1, 0.15) is 11.3 Å². The molecule has 0 amide bonds. The molecule has 0 heterocycles. The number of phenolic OH excluding ortho intramolecular Hbond substituents is 1. The van der Waals surface area contributed by atoms with Gasteiger partial charge in [0.2, 0.25) is 0 Å². The van der Waals surface area contributed by atoms with Crippen LogP contribution in [0, 0.1) is 34.1 Å². The van der Waals surface area contributed by atoms with Crippen LogP contribution in [-0.2, 0) is 5.41 Å². The molecule has 19 heavy (non-hydrogen) atoms. The van der Waals surface area contributed by atoms with Crippen molar-refractivity contribution in [3.8, 4) is 5.75 Å². The molecule has 0 unspecified atom stereocenters. The van der Waals surface area contributed by atoms with Gasteiger partial charge in [-0.3, -0.25) is 20.2 Å². The molecule has 0 radical (unpaired) electrons. The highest BCUT2D eigenvalue weighted by atomic mass is 16.6. The van der Waals surface area contributed by atoms with Crippen LogP contribution < -0.4 is 0 Å². The van der Waals surface area contributed by atoms with Gasteiger partial charge < -0.3 is 5.11 Å². The van der Waals surface area contributed by atoms with E-state index in [4.69, 9.17) is 0 Å². The van der Waals surface area contributed by atoms with E-state index in [0.717, 1.165) is 0 Å². The Kier molecular flexibility index (Phi) is 3.52. The molecule has 0 aromatic heterocycles. The summed E-state index contributed by atoms with van der Waals surface area (Å²) in [6.45, 7) is 7.77. The number of nitro benzene ring substituents is 2. The number of nitro groups is 2. The maximum atomic E-state index is 11.2. The Hall–Kier alpha value is -2.18. The Morgan fingerprint density at radius 1 is 0.947 bits per heavy atom. The zero-order valence-corrected chi connectivity index (χ0v) is 11.5. The van der Waals surface area contributed by atoms with Crippen molar-refractivity contribution >= 4 is 11.4 Å². The van der Waals surface area contributed by atoms with Gasteiger partial charge in [0, 0.05) is 5.41 Å². The van der Waals surface area contributed by atoms with Crippen LogP contribution in [0.4, 0.5) is 11.4 Å². The van der Waals surface area contributed by atoms with Crippen molar-refractivity contribution in [3.63, 3.8) is 0 Å². The third-order valence-corrected chi connectivity index (χ3v) is 3.01.